The lowest BCUT2D eigenvalue weighted by atomic mass is 10.2. The van der Waals surface area contributed by atoms with Gasteiger partial charge in [-0.1, -0.05) is 33.6 Å². The first-order chi connectivity index (χ1) is 10.0. The summed E-state index contributed by atoms with van der Waals surface area (Å²) in [5, 5.41) is 0. The van der Waals surface area contributed by atoms with Crippen LogP contribution in [0.15, 0.2) is 47.5 Å². The highest BCUT2D eigenvalue weighted by molar-refractivity contribution is 14.1. The minimum absolute atomic E-state index is 0.00915. The molecule has 0 saturated carbocycles. The van der Waals surface area contributed by atoms with Crippen LogP contribution in [0.2, 0.25) is 4.34 Å². The van der Waals surface area contributed by atoms with Gasteiger partial charge in [0.25, 0.3) is 5.91 Å². The second kappa shape index (κ2) is 7.76. The van der Waals surface area contributed by atoms with E-state index in [1.165, 1.54) is 11.3 Å². The van der Waals surface area contributed by atoms with Crippen molar-refractivity contribution in [3.8, 4) is 0 Å². The molecule has 1 amide bonds. The van der Waals surface area contributed by atoms with Crippen molar-refractivity contribution in [2.45, 2.75) is 6.54 Å². The molecule has 2 aromatic rings. The lowest BCUT2D eigenvalue weighted by Crippen LogP contribution is -2.31. The van der Waals surface area contributed by atoms with Crippen molar-refractivity contribution in [1.29, 1.82) is 0 Å². The first-order valence-corrected chi connectivity index (χ1v) is 9.17. The largest absolute Gasteiger partial charge is 0.330 e. The van der Waals surface area contributed by atoms with Crippen molar-refractivity contribution in [3.05, 3.63) is 65.8 Å². The quantitative estimate of drug-likeness (QED) is 0.390. The van der Waals surface area contributed by atoms with Crippen molar-refractivity contribution in [1.82, 2.24) is 4.90 Å². The number of carbonyl (C=O) groups excluding carboxylic acids is 1. The van der Waals surface area contributed by atoms with Gasteiger partial charge in [0.15, 0.2) is 0 Å². The first-order valence-electron chi connectivity index (χ1n) is 6.10. The van der Waals surface area contributed by atoms with E-state index in [0.29, 0.717) is 18.7 Å². The maximum atomic E-state index is 12.7. The Morgan fingerprint density at radius 1 is 1.43 bits per heavy atom. The molecule has 2 nitrogen and oxygen atoms in total. The molecule has 0 spiro atoms. The fourth-order valence-corrected chi connectivity index (χ4v) is 3.86. The Kier molecular flexibility index (Phi) is 6.28. The molecule has 0 fully saturated rings. The normalized spacial score (nSPS) is 10.4. The van der Waals surface area contributed by atoms with Crippen LogP contribution in [0.5, 0.6) is 0 Å². The molecule has 0 N–H and O–H groups in total. The van der Waals surface area contributed by atoms with Gasteiger partial charge in [-0.25, -0.2) is 0 Å². The number of hydrogen-bond donors (Lipinski definition) is 0. The molecule has 0 unspecified atom stereocenters. The van der Waals surface area contributed by atoms with E-state index in [4.69, 9.17) is 11.6 Å². The summed E-state index contributed by atoms with van der Waals surface area (Å²) < 4.78 is 2.55. The van der Waals surface area contributed by atoms with Gasteiger partial charge < -0.3 is 4.90 Å². The molecule has 0 bridgehead atoms. The Hall–Kier alpha value is -0.370. The minimum Gasteiger partial charge on any atom is -0.330 e. The van der Waals surface area contributed by atoms with Gasteiger partial charge in [0.05, 0.1) is 16.4 Å². The maximum absolute atomic E-state index is 12.7. The summed E-state index contributed by atoms with van der Waals surface area (Å²) >= 11 is 13.0. The van der Waals surface area contributed by atoms with Gasteiger partial charge in [-0.2, -0.15) is 0 Å². The van der Waals surface area contributed by atoms with Crippen molar-refractivity contribution < 1.29 is 4.79 Å². The van der Waals surface area contributed by atoms with Crippen LogP contribution >= 0.6 is 61.5 Å². The van der Waals surface area contributed by atoms with Crippen molar-refractivity contribution in [2.75, 3.05) is 6.54 Å². The molecule has 1 heterocycles. The van der Waals surface area contributed by atoms with E-state index < -0.39 is 0 Å². The molecule has 1 aromatic carbocycles. The monoisotopic (exact) mass is 495 g/mol. The van der Waals surface area contributed by atoms with Gasteiger partial charge in [0.2, 0.25) is 0 Å². The van der Waals surface area contributed by atoms with Crippen LogP contribution < -0.4 is 0 Å². The number of rotatable bonds is 5. The van der Waals surface area contributed by atoms with E-state index in [9.17, 15) is 4.79 Å². The summed E-state index contributed by atoms with van der Waals surface area (Å²) in [4.78, 5) is 15.6. The molecule has 6 heteroatoms. The van der Waals surface area contributed by atoms with Crippen LogP contribution in [-0.4, -0.2) is 17.4 Å². The summed E-state index contributed by atoms with van der Waals surface area (Å²) in [6, 6.07) is 9.49. The number of halogens is 3. The van der Waals surface area contributed by atoms with Gasteiger partial charge in [-0.05, 0) is 52.9 Å². The van der Waals surface area contributed by atoms with E-state index in [1.54, 1.807) is 11.0 Å². The average Bonchev–Trinajstić information content (AvgIpc) is 2.86. The number of nitrogens with zero attached hydrogens (tertiary/aromatic N) is 1. The van der Waals surface area contributed by atoms with Crippen LogP contribution in [0, 0.1) is 3.57 Å². The third-order valence-electron chi connectivity index (χ3n) is 2.77. The molecule has 21 heavy (non-hydrogen) atoms. The maximum Gasteiger partial charge on any atom is 0.255 e. The van der Waals surface area contributed by atoms with Gasteiger partial charge in [-0.3, -0.25) is 4.79 Å². The van der Waals surface area contributed by atoms with E-state index >= 15 is 0 Å². The molecular weight excluding hydrogens is 484 g/mol. The Morgan fingerprint density at radius 2 is 2.19 bits per heavy atom. The molecule has 2 rings (SSSR count). The highest BCUT2D eigenvalue weighted by Gasteiger charge is 2.18. The summed E-state index contributed by atoms with van der Waals surface area (Å²) in [6.07, 6.45) is 1.73. The van der Waals surface area contributed by atoms with E-state index in [1.807, 2.05) is 30.3 Å². The van der Waals surface area contributed by atoms with Gasteiger partial charge in [0, 0.05) is 19.5 Å². The predicted octanol–water partition coefficient (Wildman–Crippen LogP) is 5.60. The lowest BCUT2D eigenvalue weighted by molar-refractivity contribution is 0.0763. The highest BCUT2D eigenvalue weighted by Crippen LogP contribution is 2.25. The zero-order chi connectivity index (χ0) is 15.4. The van der Waals surface area contributed by atoms with Crippen molar-refractivity contribution >= 4 is 67.4 Å². The number of carbonyl (C=O) groups is 1. The average molecular weight is 497 g/mol. The fraction of sp³-hybridized carbons (Fsp3) is 0.133. The van der Waals surface area contributed by atoms with Gasteiger partial charge in [0.1, 0.15) is 0 Å². The van der Waals surface area contributed by atoms with Crippen LogP contribution in [0.3, 0.4) is 0 Å². The van der Waals surface area contributed by atoms with Crippen LogP contribution in [-0.2, 0) is 6.54 Å². The Morgan fingerprint density at radius 3 is 2.81 bits per heavy atom. The van der Waals surface area contributed by atoms with Crippen molar-refractivity contribution in [3.63, 3.8) is 0 Å². The van der Waals surface area contributed by atoms with E-state index in [2.05, 4.69) is 45.1 Å². The topological polar surface area (TPSA) is 20.3 Å². The summed E-state index contributed by atoms with van der Waals surface area (Å²) in [5.41, 5.74) is 0.689. The van der Waals surface area contributed by atoms with E-state index in [-0.39, 0.29) is 5.91 Å². The molecule has 1 aromatic heterocycles. The van der Waals surface area contributed by atoms with Gasteiger partial charge in [-0.15, -0.1) is 17.9 Å². The number of benzene rings is 1. The first kappa shape index (κ1) is 17.0. The third-order valence-corrected chi connectivity index (χ3v) is 5.42. The molecule has 0 aliphatic carbocycles. The second-order valence-corrected chi connectivity index (χ2v) is 8.18. The molecular formula is C15H12BrClINOS. The van der Waals surface area contributed by atoms with Gasteiger partial charge >= 0.3 is 0 Å². The zero-order valence-electron chi connectivity index (χ0n) is 11.0. The molecule has 0 atom stereocenters. The van der Waals surface area contributed by atoms with Crippen molar-refractivity contribution in [2.24, 2.45) is 0 Å². The number of amides is 1. The molecule has 0 aliphatic rings. The minimum atomic E-state index is -0.00915. The Labute approximate surface area is 155 Å². The van der Waals surface area contributed by atoms with Crippen LogP contribution in [0.1, 0.15) is 15.2 Å². The van der Waals surface area contributed by atoms with Crippen LogP contribution in [0.4, 0.5) is 0 Å². The molecule has 0 aliphatic heterocycles. The molecule has 110 valence electrons. The zero-order valence-corrected chi connectivity index (χ0v) is 16.3. The standard InChI is InChI=1S/C15H12BrClINOS/c1-2-7-19(9-11-4-6-14(17)21-11)15(20)12-8-10(16)3-5-13(12)18/h2-6,8H,1,7,9H2. The highest BCUT2D eigenvalue weighted by atomic mass is 127. The summed E-state index contributed by atoms with van der Waals surface area (Å²) in [7, 11) is 0. The second-order valence-electron chi connectivity index (χ2n) is 4.30. The van der Waals surface area contributed by atoms with E-state index in [0.717, 1.165) is 17.3 Å². The predicted molar refractivity (Wildman–Crippen MR) is 101 cm³/mol. The Balaban J connectivity index is 2.26. The lowest BCUT2D eigenvalue weighted by Gasteiger charge is -2.21. The molecule has 0 radical (unpaired) electrons. The Bertz CT molecular complexity index is 673. The third kappa shape index (κ3) is 4.55. The smallest absolute Gasteiger partial charge is 0.255 e. The summed E-state index contributed by atoms with van der Waals surface area (Å²) in [5.74, 6) is -0.00915. The SMILES string of the molecule is C=CCN(Cc1ccc(Cl)s1)C(=O)c1cc(Br)ccc1I. The number of thiophene rings is 1. The summed E-state index contributed by atoms with van der Waals surface area (Å²) in [6.45, 7) is 4.77. The van der Waals surface area contributed by atoms with Crippen LogP contribution in [0.25, 0.3) is 0 Å². The fourth-order valence-electron chi connectivity index (χ4n) is 1.83. The molecule has 0 saturated heterocycles. The number of hydrogen-bond acceptors (Lipinski definition) is 2.